The molecule has 1 aromatic rings. The van der Waals surface area contributed by atoms with E-state index in [-0.39, 0.29) is 23.9 Å². The maximum absolute atomic E-state index is 13.6. The van der Waals surface area contributed by atoms with Gasteiger partial charge in [0.1, 0.15) is 11.9 Å². The summed E-state index contributed by atoms with van der Waals surface area (Å²) in [6.45, 7) is 3.77. The second kappa shape index (κ2) is 5.49. The van der Waals surface area contributed by atoms with Crippen molar-refractivity contribution in [3.05, 3.63) is 29.6 Å². The molecule has 1 unspecified atom stereocenters. The zero-order valence-corrected chi connectivity index (χ0v) is 12.2. The fourth-order valence-corrected chi connectivity index (χ4v) is 3.91. The zero-order valence-electron chi connectivity index (χ0n) is 11.4. The van der Waals surface area contributed by atoms with Crippen LogP contribution in [0.1, 0.15) is 18.9 Å². The molecule has 0 saturated carbocycles. The van der Waals surface area contributed by atoms with E-state index in [4.69, 9.17) is 0 Å². The third-order valence-corrected chi connectivity index (χ3v) is 5.32. The standard InChI is InChI=1S/C13H17FN2O3S/c1-3-12-13(17)15-6-7-16(12)20(18,19)10-5-4-9(2)11(14)8-10/h4-5,8,12H,3,6-7H2,1-2H3,(H,15,17). The van der Waals surface area contributed by atoms with E-state index in [1.165, 1.54) is 12.1 Å². The predicted octanol–water partition coefficient (Wildman–Crippen LogP) is 1.03. The molecule has 1 heterocycles. The highest BCUT2D eigenvalue weighted by molar-refractivity contribution is 7.89. The summed E-state index contributed by atoms with van der Waals surface area (Å²) < 4.78 is 39.8. The molecule has 110 valence electrons. The number of rotatable bonds is 3. The first-order chi connectivity index (χ1) is 9.37. The quantitative estimate of drug-likeness (QED) is 0.907. The Hall–Kier alpha value is -1.47. The molecule has 1 aliphatic heterocycles. The first-order valence-electron chi connectivity index (χ1n) is 6.43. The second-order valence-electron chi connectivity index (χ2n) is 4.74. The van der Waals surface area contributed by atoms with Gasteiger partial charge in [-0.15, -0.1) is 0 Å². The average molecular weight is 300 g/mol. The summed E-state index contributed by atoms with van der Waals surface area (Å²) in [4.78, 5) is 11.6. The number of piperazine rings is 1. The van der Waals surface area contributed by atoms with Crippen LogP contribution < -0.4 is 5.32 Å². The van der Waals surface area contributed by atoms with Crippen LogP contribution >= 0.6 is 0 Å². The minimum Gasteiger partial charge on any atom is -0.353 e. The van der Waals surface area contributed by atoms with Crippen molar-refractivity contribution in [1.82, 2.24) is 9.62 Å². The number of aryl methyl sites for hydroxylation is 1. The lowest BCUT2D eigenvalue weighted by molar-refractivity contribution is -0.126. The molecule has 5 nitrogen and oxygen atoms in total. The Morgan fingerprint density at radius 3 is 2.75 bits per heavy atom. The van der Waals surface area contributed by atoms with Crippen LogP contribution in [0.2, 0.25) is 0 Å². The van der Waals surface area contributed by atoms with Gasteiger partial charge in [-0.25, -0.2) is 12.8 Å². The van der Waals surface area contributed by atoms with Crippen LogP contribution in [-0.2, 0) is 14.8 Å². The lowest BCUT2D eigenvalue weighted by atomic mass is 10.2. The van der Waals surface area contributed by atoms with Crippen LogP contribution in [0.15, 0.2) is 23.1 Å². The highest BCUT2D eigenvalue weighted by Crippen LogP contribution is 2.22. The van der Waals surface area contributed by atoms with Crippen LogP contribution in [0, 0.1) is 12.7 Å². The van der Waals surface area contributed by atoms with E-state index in [0.29, 0.717) is 12.0 Å². The summed E-state index contributed by atoms with van der Waals surface area (Å²) in [5.74, 6) is -0.879. The summed E-state index contributed by atoms with van der Waals surface area (Å²) in [5, 5.41) is 2.64. The summed E-state index contributed by atoms with van der Waals surface area (Å²) in [6.07, 6.45) is 0.374. The number of nitrogens with zero attached hydrogens (tertiary/aromatic N) is 1. The largest absolute Gasteiger partial charge is 0.353 e. The predicted molar refractivity (Wildman–Crippen MR) is 72.1 cm³/mol. The number of nitrogens with one attached hydrogen (secondary N) is 1. The molecule has 1 amide bonds. The van der Waals surface area contributed by atoms with Crippen molar-refractivity contribution in [2.24, 2.45) is 0 Å². The molecule has 0 radical (unpaired) electrons. The average Bonchev–Trinajstić information content (AvgIpc) is 2.41. The van der Waals surface area contributed by atoms with Crippen molar-refractivity contribution in [3.8, 4) is 0 Å². The Bertz CT molecular complexity index is 631. The molecule has 1 saturated heterocycles. The Morgan fingerprint density at radius 1 is 1.45 bits per heavy atom. The SMILES string of the molecule is CCC1C(=O)NCCN1S(=O)(=O)c1ccc(C)c(F)c1. The smallest absolute Gasteiger partial charge is 0.243 e. The fraction of sp³-hybridized carbons (Fsp3) is 0.462. The molecule has 1 atom stereocenters. The van der Waals surface area contributed by atoms with E-state index in [2.05, 4.69) is 5.32 Å². The first kappa shape index (κ1) is 14.9. The molecule has 0 spiro atoms. The van der Waals surface area contributed by atoms with E-state index in [0.717, 1.165) is 10.4 Å². The molecule has 1 N–H and O–H groups in total. The lowest BCUT2D eigenvalue weighted by Gasteiger charge is -2.33. The van der Waals surface area contributed by atoms with Crippen LogP contribution in [0.5, 0.6) is 0 Å². The molecule has 1 fully saturated rings. The van der Waals surface area contributed by atoms with Gasteiger partial charge in [0.15, 0.2) is 0 Å². The number of benzene rings is 1. The molecule has 20 heavy (non-hydrogen) atoms. The number of hydrogen-bond acceptors (Lipinski definition) is 3. The van der Waals surface area contributed by atoms with E-state index in [9.17, 15) is 17.6 Å². The number of halogens is 1. The third-order valence-electron chi connectivity index (χ3n) is 3.42. The molecule has 1 aliphatic rings. The van der Waals surface area contributed by atoms with Gasteiger partial charge in [0, 0.05) is 13.1 Å². The Morgan fingerprint density at radius 2 is 2.15 bits per heavy atom. The van der Waals surface area contributed by atoms with Gasteiger partial charge in [-0.05, 0) is 31.0 Å². The van der Waals surface area contributed by atoms with Crippen molar-refractivity contribution in [2.75, 3.05) is 13.1 Å². The van der Waals surface area contributed by atoms with Crippen LogP contribution in [0.4, 0.5) is 4.39 Å². The number of carbonyl (C=O) groups excluding carboxylic acids is 1. The Labute approximate surface area is 117 Å². The summed E-state index contributed by atoms with van der Waals surface area (Å²) in [5.41, 5.74) is 0.382. The minimum absolute atomic E-state index is 0.117. The minimum atomic E-state index is -3.86. The van der Waals surface area contributed by atoms with Crippen molar-refractivity contribution in [2.45, 2.75) is 31.2 Å². The van der Waals surface area contributed by atoms with E-state index < -0.39 is 21.9 Å². The second-order valence-corrected chi connectivity index (χ2v) is 6.63. The van der Waals surface area contributed by atoms with Crippen molar-refractivity contribution in [1.29, 1.82) is 0 Å². The maximum atomic E-state index is 13.6. The first-order valence-corrected chi connectivity index (χ1v) is 7.87. The zero-order chi connectivity index (χ0) is 14.9. The molecule has 7 heteroatoms. The van der Waals surface area contributed by atoms with Crippen LogP contribution in [0.25, 0.3) is 0 Å². The topological polar surface area (TPSA) is 66.5 Å². The molecule has 1 aromatic carbocycles. The number of sulfonamides is 1. The molecule has 0 aromatic heterocycles. The normalized spacial score (nSPS) is 20.8. The number of hydrogen-bond donors (Lipinski definition) is 1. The number of carbonyl (C=O) groups is 1. The van der Waals surface area contributed by atoms with Crippen molar-refractivity contribution >= 4 is 15.9 Å². The van der Waals surface area contributed by atoms with Crippen LogP contribution in [-0.4, -0.2) is 37.8 Å². The van der Waals surface area contributed by atoms with E-state index in [1.54, 1.807) is 13.8 Å². The van der Waals surface area contributed by atoms with Gasteiger partial charge >= 0.3 is 0 Å². The molecule has 2 rings (SSSR count). The Kier molecular flexibility index (Phi) is 4.10. The maximum Gasteiger partial charge on any atom is 0.243 e. The Balaban J connectivity index is 2.42. The molecule has 0 bridgehead atoms. The van der Waals surface area contributed by atoms with Gasteiger partial charge in [0.2, 0.25) is 15.9 Å². The lowest BCUT2D eigenvalue weighted by Crippen LogP contribution is -2.56. The number of amides is 1. The van der Waals surface area contributed by atoms with Gasteiger partial charge in [-0.1, -0.05) is 13.0 Å². The van der Waals surface area contributed by atoms with Gasteiger partial charge < -0.3 is 5.32 Å². The van der Waals surface area contributed by atoms with Crippen molar-refractivity contribution in [3.63, 3.8) is 0 Å². The monoisotopic (exact) mass is 300 g/mol. The van der Waals surface area contributed by atoms with E-state index in [1.807, 2.05) is 0 Å². The summed E-state index contributed by atoms with van der Waals surface area (Å²) in [7, 11) is -3.86. The van der Waals surface area contributed by atoms with Gasteiger partial charge in [0.25, 0.3) is 0 Å². The highest BCUT2D eigenvalue weighted by Gasteiger charge is 2.37. The summed E-state index contributed by atoms with van der Waals surface area (Å²) >= 11 is 0. The van der Waals surface area contributed by atoms with Crippen molar-refractivity contribution < 1.29 is 17.6 Å². The van der Waals surface area contributed by atoms with Gasteiger partial charge in [-0.2, -0.15) is 4.31 Å². The van der Waals surface area contributed by atoms with Gasteiger partial charge in [-0.3, -0.25) is 4.79 Å². The third kappa shape index (κ3) is 2.55. The van der Waals surface area contributed by atoms with E-state index >= 15 is 0 Å². The highest BCUT2D eigenvalue weighted by atomic mass is 32.2. The molecule has 0 aliphatic carbocycles. The molecular weight excluding hydrogens is 283 g/mol. The molecular formula is C13H17FN2O3S. The van der Waals surface area contributed by atoms with Crippen LogP contribution in [0.3, 0.4) is 0 Å². The fourth-order valence-electron chi connectivity index (χ4n) is 2.24. The summed E-state index contributed by atoms with van der Waals surface area (Å²) in [6, 6.07) is 3.06. The van der Waals surface area contributed by atoms with Gasteiger partial charge in [0.05, 0.1) is 4.90 Å².